The topological polar surface area (TPSA) is 65.4 Å². The molecule has 0 bridgehead atoms. The molecule has 0 unspecified atom stereocenters. The molecule has 0 saturated heterocycles. The number of aromatic nitrogens is 2. The number of benzene rings is 2. The van der Waals surface area contributed by atoms with Gasteiger partial charge in [0.15, 0.2) is 0 Å². The average molecular weight is 351 g/mol. The van der Waals surface area contributed by atoms with Gasteiger partial charge in [0.1, 0.15) is 17.3 Å². The summed E-state index contributed by atoms with van der Waals surface area (Å²) >= 11 is 0. The summed E-state index contributed by atoms with van der Waals surface area (Å²) in [6.07, 6.45) is 3.71. The van der Waals surface area contributed by atoms with E-state index in [1.807, 2.05) is 37.4 Å². The minimum atomic E-state index is -0.196. The SMILES string of the molecule is COc1ccc(NC(=O)c2ccc(Cn3ccnc3C)cc2)c(OC)c1. The molecule has 26 heavy (non-hydrogen) atoms. The van der Waals surface area contributed by atoms with Crippen molar-refractivity contribution in [1.29, 1.82) is 0 Å². The van der Waals surface area contributed by atoms with E-state index >= 15 is 0 Å². The molecular formula is C20H21N3O3. The number of methoxy groups -OCH3 is 2. The van der Waals surface area contributed by atoms with Crippen molar-refractivity contribution >= 4 is 11.6 Å². The molecule has 1 N–H and O–H groups in total. The first-order chi connectivity index (χ1) is 12.6. The summed E-state index contributed by atoms with van der Waals surface area (Å²) in [6.45, 7) is 2.68. The first-order valence-electron chi connectivity index (χ1n) is 8.20. The van der Waals surface area contributed by atoms with E-state index in [1.165, 1.54) is 0 Å². The third kappa shape index (κ3) is 3.85. The Kier molecular flexibility index (Phi) is 5.22. The highest BCUT2D eigenvalue weighted by Crippen LogP contribution is 2.29. The number of anilines is 1. The number of amides is 1. The van der Waals surface area contributed by atoms with E-state index in [4.69, 9.17) is 9.47 Å². The molecule has 6 heteroatoms. The van der Waals surface area contributed by atoms with Gasteiger partial charge in [-0.3, -0.25) is 4.79 Å². The summed E-state index contributed by atoms with van der Waals surface area (Å²) in [4.78, 5) is 16.7. The second kappa shape index (κ2) is 7.74. The van der Waals surface area contributed by atoms with E-state index in [-0.39, 0.29) is 5.91 Å². The summed E-state index contributed by atoms with van der Waals surface area (Å²) in [5.74, 6) is 1.97. The van der Waals surface area contributed by atoms with Gasteiger partial charge in [-0.2, -0.15) is 0 Å². The van der Waals surface area contributed by atoms with Crippen molar-refractivity contribution in [3.63, 3.8) is 0 Å². The second-order valence-electron chi connectivity index (χ2n) is 5.82. The van der Waals surface area contributed by atoms with Crippen LogP contribution < -0.4 is 14.8 Å². The van der Waals surface area contributed by atoms with Crippen molar-refractivity contribution < 1.29 is 14.3 Å². The molecule has 3 rings (SSSR count). The monoisotopic (exact) mass is 351 g/mol. The molecule has 0 aliphatic rings. The number of hydrogen-bond donors (Lipinski definition) is 1. The van der Waals surface area contributed by atoms with E-state index in [1.54, 1.807) is 38.6 Å². The fourth-order valence-corrected chi connectivity index (χ4v) is 2.63. The Bertz CT molecular complexity index is 901. The number of carbonyl (C=O) groups is 1. The van der Waals surface area contributed by atoms with Gasteiger partial charge >= 0.3 is 0 Å². The maximum Gasteiger partial charge on any atom is 0.255 e. The van der Waals surface area contributed by atoms with E-state index in [0.29, 0.717) is 22.7 Å². The van der Waals surface area contributed by atoms with Crippen LogP contribution in [-0.4, -0.2) is 29.7 Å². The van der Waals surface area contributed by atoms with Crippen LogP contribution in [0.1, 0.15) is 21.7 Å². The van der Waals surface area contributed by atoms with Gasteiger partial charge in [-0.1, -0.05) is 12.1 Å². The number of nitrogens with one attached hydrogen (secondary N) is 1. The Morgan fingerprint density at radius 1 is 1.12 bits per heavy atom. The lowest BCUT2D eigenvalue weighted by atomic mass is 10.1. The smallest absolute Gasteiger partial charge is 0.255 e. The van der Waals surface area contributed by atoms with Crippen molar-refractivity contribution in [2.24, 2.45) is 0 Å². The highest BCUT2D eigenvalue weighted by atomic mass is 16.5. The number of imidazole rings is 1. The number of ether oxygens (including phenoxy) is 2. The van der Waals surface area contributed by atoms with Crippen molar-refractivity contribution in [3.05, 3.63) is 71.8 Å². The minimum absolute atomic E-state index is 0.196. The zero-order valence-corrected chi connectivity index (χ0v) is 15.0. The molecule has 0 radical (unpaired) electrons. The lowest BCUT2D eigenvalue weighted by molar-refractivity contribution is 0.102. The lowest BCUT2D eigenvalue weighted by Gasteiger charge is -2.12. The van der Waals surface area contributed by atoms with E-state index < -0.39 is 0 Å². The molecule has 1 heterocycles. The Morgan fingerprint density at radius 3 is 2.50 bits per heavy atom. The van der Waals surface area contributed by atoms with Crippen LogP contribution in [0.4, 0.5) is 5.69 Å². The minimum Gasteiger partial charge on any atom is -0.497 e. The molecule has 0 aliphatic carbocycles. The fourth-order valence-electron chi connectivity index (χ4n) is 2.63. The van der Waals surface area contributed by atoms with E-state index in [9.17, 15) is 4.79 Å². The van der Waals surface area contributed by atoms with Crippen LogP contribution in [0.2, 0.25) is 0 Å². The third-order valence-electron chi connectivity index (χ3n) is 4.15. The quantitative estimate of drug-likeness (QED) is 0.738. The number of carbonyl (C=O) groups excluding carboxylic acids is 1. The maximum atomic E-state index is 12.5. The van der Waals surface area contributed by atoms with Gasteiger partial charge in [-0.15, -0.1) is 0 Å². The molecule has 1 aromatic heterocycles. The van der Waals surface area contributed by atoms with Crippen LogP contribution >= 0.6 is 0 Å². The van der Waals surface area contributed by atoms with Crippen molar-refractivity contribution in [2.45, 2.75) is 13.5 Å². The summed E-state index contributed by atoms with van der Waals surface area (Å²) in [7, 11) is 3.14. The number of aryl methyl sites for hydroxylation is 1. The largest absolute Gasteiger partial charge is 0.497 e. The molecule has 0 atom stereocenters. The molecule has 0 spiro atoms. The van der Waals surface area contributed by atoms with E-state index in [0.717, 1.165) is 17.9 Å². The standard InChI is InChI=1S/C20H21N3O3/c1-14-21-10-11-23(14)13-15-4-6-16(7-5-15)20(24)22-18-9-8-17(25-2)12-19(18)26-3/h4-12H,13H2,1-3H3,(H,22,24). The highest BCUT2D eigenvalue weighted by Gasteiger charge is 2.11. The van der Waals surface area contributed by atoms with Gasteiger partial charge < -0.3 is 19.4 Å². The zero-order valence-electron chi connectivity index (χ0n) is 15.0. The Balaban J connectivity index is 1.71. The fraction of sp³-hybridized carbons (Fsp3) is 0.200. The third-order valence-corrected chi connectivity index (χ3v) is 4.15. The molecular weight excluding hydrogens is 330 g/mol. The number of rotatable bonds is 6. The predicted octanol–water partition coefficient (Wildman–Crippen LogP) is 3.51. The summed E-state index contributed by atoms with van der Waals surface area (Å²) in [5.41, 5.74) is 2.27. The molecule has 2 aromatic carbocycles. The molecule has 3 aromatic rings. The van der Waals surface area contributed by atoms with Crippen molar-refractivity contribution in [2.75, 3.05) is 19.5 Å². The predicted molar refractivity (Wildman–Crippen MR) is 100 cm³/mol. The second-order valence-corrected chi connectivity index (χ2v) is 5.82. The molecule has 6 nitrogen and oxygen atoms in total. The molecule has 1 amide bonds. The van der Waals surface area contributed by atoms with Gasteiger partial charge in [0.2, 0.25) is 0 Å². The molecule has 0 fully saturated rings. The Morgan fingerprint density at radius 2 is 1.88 bits per heavy atom. The summed E-state index contributed by atoms with van der Waals surface area (Å²) in [5, 5.41) is 2.87. The Hall–Kier alpha value is -3.28. The van der Waals surface area contributed by atoms with Crippen LogP contribution in [0.5, 0.6) is 11.5 Å². The van der Waals surface area contributed by atoms with Gasteiger partial charge in [0.25, 0.3) is 5.91 Å². The van der Waals surface area contributed by atoms with Gasteiger partial charge in [0, 0.05) is 30.6 Å². The highest BCUT2D eigenvalue weighted by molar-refractivity contribution is 6.05. The molecule has 0 saturated carbocycles. The first-order valence-corrected chi connectivity index (χ1v) is 8.20. The van der Waals surface area contributed by atoms with Crippen molar-refractivity contribution in [1.82, 2.24) is 9.55 Å². The Labute approximate surface area is 152 Å². The van der Waals surface area contributed by atoms with Gasteiger partial charge in [0.05, 0.1) is 19.9 Å². The van der Waals surface area contributed by atoms with Gasteiger partial charge in [-0.25, -0.2) is 4.98 Å². The maximum absolute atomic E-state index is 12.5. The van der Waals surface area contributed by atoms with Crippen LogP contribution in [0, 0.1) is 6.92 Å². The summed E-state index contributed by atoms with van der Waals surface area (Å²) < 4.78 is 12.5. The first kappa shape index (κ1) is 17.5. The average Bonchev–Trinajstić information content (AvgIpc) is 3.07. The number of hydrogen-bond acceptors (Lipinski definition) is 4. The lowest BCUT2D eigenvalue weighted by Crippen LogP contribution is -2.13. The van der Waals surface area contributed by atoms with E-state index in [2.05, 4.69) is 14.9 Å². The summed E-state index contributed by atoms with van der Waals surface area (Å²) in [6, 6.07) is 12.8. The van der Waals surface area contributed by atoms with Gasteiger partial charge in [-0.05, 0) is 36.8 Å². The zero-order chi connectivity index (χ0) is 18.5. The molecule has 134 valence electrons. The van der Waals surface area contributed by atoms with Crippen LogP contribution in [0.15, 0.2) is 54.9 Å². The molecule has 0 aliphatic heterocycles. The van der Waals surface area contributed by atoms with Crippen LogP contribution in [-0.2, 0) is 6.54 Å². The van der Waals surface area contributed by atoms with Crippen LogP contribution in [0.25, 0.3) is 0 Å². The van der Waals surface area contributed by atoms with Crippen LogP contribution in [0.3, 0.4) is 0 Å². The van der Waals surface area contributed by atoms with Crippen molar-refractivity contribution in [3.8, 4) is 11.5 Å². The normalized spacial score (nSPS) is 10.4. The number of nitrogens with zero attached hydrogens (tertiary/aromatic N) is 2.